The van der Waals surface area contributed by atoms with Gasteiger partial charge in [-0.25, -0.2) is 0 Å². The van der Waals surface area contributed by atoms with E-state index >= 15 is 0 Å². The highest BCUT2D eigenvalue weighted by molar-refractivity contribution is 6.32. The largest absolute Gasteiger partial charge is 0.493 e. The molecule has 1 fully saturated rings. The number of nitrogens with two attached hydrogens (primary N) is 1. The molecule has 1 aliphatic carbocycles. The van der Waals surface area contributed by atoms with Gasteiger partial charge < -0.3 is 20.5 Å². The Morgan fingerprint density at radius 2 is 2.13 bits per heavy atom. The van der Waals surface area contributed by atoms with Crippen molar-refractivity contribution in [1.82, 2.24) is 5.32 Å². The molecule has 0 spiro atoms. The number of rotatable bonds is 6. The lowest BCUT2D eigenvalue weighted by Gasteiger charge is -2.31. The topological polar surface area (TPSA) is 73.6 Å². The summed E-state index contributed by atoms with van der Waals surface area (Å²) in [6, 6.07) is 3.40. The van der Waals surface area contributed by atoms with E-state index in [-0.39, 0.29) is 11.9 Å². The van der Waals surface area contributed by atoms with E-state index in [2.05, 4.69) is 5.32 Å². The van der Waals surface area contributed by atoms with Crippen LogP contribution in [0.1, 0.15) is 43.0 Å². The van der Waals surface area contributed by atoms with E-state index in [4.69, 9.17) is 26.8 Å². The Bertz CT molecular complexity index is 551. The Hall–Kier alpha value is -1.46. The highest BCUT2D eigenvalue weighted by Gasteiger charge is 2.26. The Morgan fingerprint density at radius 1 is 1.39 bits per heavy atom. The van der Waals surface area contributed by atoms with E-state index in [0.717, 1.165) is 19.3 Å². The first-order valence-electron chi connectivity index (χ1n) is 8.12. The maximum Gasteiger partial charge on any atom is 0.251 e. The second-order valence-electron chi connectivity index (χ2n) is 5.78. The summed E-state index contributed by atoms with van der Waals surface area (Å²) in [6.45, 7) is 2.94. The number of hydrogen-bond acceptors (Lipinski definition) is 4. The van der Waals surface area contributed by atoms with E-state index in [1.807, 2.05) is 6.92 Å². The van der Waals surface area contributed by atoms with Crippen molar-refractivity contribution < 1.29 is 14.3 Å². The van der Waals surface area contributed by atoms with Crippen molar-refractivity contribution in [2.75, 3.05) is 20.3 Å². The summed E-state index contributed by atoms with van der Waals surface area (Å²) in [4.78, 5) is 12.6. The fourth-order valence-corrected chi connectivity index (χ4v) is 3.33. The van der Waals surface area contributed by atoms with Crippen molar-refractivity contribution in [3.63, 3.8) is 0 Å². The second-order valence-corrected chi connectivity index (χ2v) is 6.19. The molecule has 1 amide bonds. The zero-order valence-corrected chi connectivity index (χ0v) is 14.5. The van der Waals surface area contributed by atoms with Crippen LogP contribution in [0.3, 0.4) is 0 Å². The molecule has 1 aromatic carbocycles. The second kappa shape index (κ2) is 8.41. The summed E-state index contributed by atoms with van der Waals surface area (Å²) in [7, 11) is 1.53. The van der Waals surface area contributed by atoms with Crippen LogP contribution >= 0.6 is 11.6 Å². The van der Waals surface area contributed by atoms with Crippen LogP contribution in [0.4, 0.5) is 0 Å². The predicted molar refractivity (Wildman–Crippen MR) is 91.4 cm³/mol. The molecule has 0 heterocycles. The van der Waals surface area contributed by atoms with Gasteiger partial charge in [0.1, 0.15) is 0 Å². The number of hydrogen-bond donors (Lipinski definition) is 2. The van der Waals surface area contributed by atoms with E-state index < -0.39 is 0 Å². The Kier molecular flexibility index (Phi) is 6.54. The lowest BCUT2D eigenvalue weighted by Crippen LogP contribution is -2.44. The van der Waals surface area contributed by atoms with Gasteiger partial charge in [-0.1, -0.05) is 24.4 Å². The zero-order valence-electron chi connectivity index (χ0n) is 13.7. The molecule has 5 nitrogen and oxygen atoms in total. The SMILES string of the molecule is CCOc1c(Cl)cc(C(=O)NC2CCCCC2CN)cc1OC. The van der Waals surface area contributed by atoms with E-state index in [9.17, 15) is 4.79 Å². The molecule has 1 aliphatic rings. The van der Waals surface area contributed by atoms with Crippen LogP contribution in [0.15, 0.2) is 12.1 Å². The number of nitrogens with one attached hydrogen (secondary N) is 1. The summed E-state index contributed by atoms with van der Waals surface area (Å²) in [5.74, 6) is 1.11. The first-order chi connectivity index (χ1) is 11.1. The quantitative estimate of drug-likeness (QED) is 0.835. The van der Waals surface area contributed by atoms with Gasteiger partial charge >= 0.3 is 0 Å². The molecule has 0 aromatic heterocycles. The third-order valence-electron chi connectivity index (χ3n) is 4.31. The Balaban J connectivity index is 2.17. The molecule has 1 saturated carbocycles. The molecular formula is C17H25ClN2O3. The van der Waals surface area contributed by atoms with Crippen molar-refractivity contribution in [1.29, 1.82) is 0 Å². The maximum absolute atomic E-state index is 12.6. The minimum Gasteiger partial charge on any atom is -0.493 e. The molecule has 2 atom stereocenters. The highest BCUT2D eigenvalue weighted by Crippen LogP contribution is 2.36. The summed E-state index contributed by atoms with van der Waals surface area (Å²) in [6.07, 6.45) is 4.33. The van der Waals surface area contributed by atoms with Crippen molar-refractivity contribution >= 4 is 17.5 Å². The molecule has 2 unspecified atom stereocenters. The van der Waals surface area contributed by atoms with Gasteiger partial charge in [0, 0.05) is 11.6 Å². The first-order valence-corrected chi connectivity index (χ1v) is 8.49. The standard InChI is InChI=1S/C17H25ClN2O3/c1-3-23-16-13(18)8-12(9-15(16)22-2)17(21)20-14-7-5-4-6-11(14)10-19/h8-9,11,14H,3-7,10,19H2,1-2H3,(H,20,21). The minimum atomic E-state index is -0.154. The van der Waals surface area contributed by atoms with Crippen LogP contribution in [0.2, 0.25) is 5.02 Å². The average Bonchev–Trinajstić information content (AvgIpc) is 2.57. The number of carbonyl (C=O) groups is 1. The number of halogens is 1. The highest BCUT2D eigenvalue weighted by atomic mass is 35.5. The lowest BCUT2D eigenvalue weighted by molar-refractivity contribution is 0.0907. The average molecular weight is 341 g/mol. The van der Waals surface area contributed by atoms with Gasteiger partial charge in [0.05, 0.1) is 18.7 Å². The normalized spacial score (nSPS) is 20.9. The van der Waals surface area contributed by atoms with E-state index in [1.165, 1.54) is 13.5 Å². The summed E-state index contributed by atoms with van der Waals surface area (Å²) >= 11 is 6.23. The summed E-state index contributed by atoms with van der Waals surface area (Å²) in [5, 5.41) is 3.46. The van der Waals surface area contributed by atoms with Crippen LogP contribution < -0.4 is 20.5 Å². The van der Waals surface area contributed by atoms with Gasteiger partial charge in [-0.15, -0.1) is 0 Å². The number of methoxy groups -OCH3 is 1. The molecule has 0 saturated heterocycles. The van der Waals surface area contributed by atoms with Crippen LogP contribution in [-0.4, -0.2) is 32.2 Å². The van der Waals surface area contributed by atoms with Crippen molar-refractivity contribution in [2.45, 2.75) is 38.6 Å². The van der Waals surface area contributed by atoms with Crippen molar-refractivity contribution in [2.24, 2.45) is 11.7 Å². The number of ether oxygens (including phenoxy) is 2. The van der Waals surface area contributed by atoms with Gasteiger partial charge in [-0.3, -0.25) is 4.79 Å². The number of amides is 1. The minimum absolute atomic E-state index is 0.123. The third kappa shape index (κ3) is 4.30. The van der Waals surface area contributed by atoms with Crippen LogP contribution in [-0.2, 0) is 0 Å². The molecule has 6 heteroatoms. The monoisotopic (exact) mass is 340 g/mol. The van der Waals surface area contributed by atoms with E-state index in [0.29, 0.717) is 41.2 Å². The fraction of sp³-hybridized carbons (Fsp3) is 0.588. The van der Waals surface area contributed by atoms with Crippen molar-refractivity contribution in [3.8, 4) is 11.5 Å². The molecule has 3 N–H and O–H groups in total. The molecule has 23 heavy (non-hydrogen) atoms. The Labute approximate surface area is 142 Å². The number of carbonyl (C=O) groups excluding carboxylic acids is 1. The molecule has 128 valence electrons. The Morgan fingerprint density at radius 3 is 2.78 bits per heavy atom. The van der Waals surface area contributed by atoms with Gasteiger partial charge in [0.25, 0.3) is 5.91 Å². The molecule has 2 rings (SSSR count). The van der Waals surface area contributed by atoms with Gasteiger partial charge in [-0.2, -0.15) is 0 Å². The van der Waals surface area contributed by atoms with Crippen LogP contribution in [0, 0.1) is 5.92 Å². The predicted octanol–water partition coefficient (Wildman–Crippen LogP) is 2.99. The first kappa shape index (κ1) is 17.9. The van der Waals surface area contributed by atoms with Gasteiger partial charge in [0.2, 0.25) is 0 Å². The van der Waals surface area contributed by atoms with Crippen LogP contribution in [0.25, 0.3) is 0 Å². The molecule has 0 radical (unpaired) electrons. The van der Waals surface area contributed by atoms with E-state index in [1.54, 1.807) is 12.1 Å². The fourth-order valence-electron chi connectivity index (χ4n) is 3.07. The molecule has 1 aromatic rings. The van der Waals surface area contributed by atoms with Crippen LogP contribution in [0.5, 0.6) is 11.5 Å². The zero-order chi connectivity index (χ0) is 16.8. The lowest BCUT2D eigenvalue weighted by atomic mass is 9.84. The third-order valence-corrected chi connectivity index (χ3v) is 4.59. The molecule has 0 bridgehead atoms. The maximum atomic E-state index is 12.6. The molecular weight excluding hydrogens is 316 g/mol. The van der Waals surface area contributed by atoms with Gasteiger partial charge in [0.15, 0.2) is 11.5 Å². The molecule has 0 aliphatic heterocycles. The van der Waals surface area contributed by atoms with Gasteiger partial charge in [-0.05, 0) is 44.4 Å². The smallest absolute Gasteiger partial charge is 0.251 e. The summed E-state index contributed by atoms with van der Waals surface area (Å²) in [5.41, 5.74) is 6.29. The summed E-state index contributed by atoms with van der Waals surface area (Å²) < 4.78 is 10.8. The number of benzene rings is 1. The van der Waals surface area contributed by atoms with Crippen molar-refractivity contribution in [3.05, 3.63) is 22.7 Å².